The molecule has 1 aromatic carbocycles. The number of alkyl halides is 3. The first-order valence-electron chi connectivity index (χ1n) is 6.60. The first kappa shape index (κ1) is 17.9. The topological polar surface area (TPSA) is 68.5 Å². The average molecular weight is 362 g/mol. The molecule has 0 aliphatic rings. The van der Waals surface area contributed by atoms with Gasteiger partial charge in [0.25, 0.3) is 5.91 Å². The van der Waals surface area contributed by atoms with Crippen LogP contribution in [0.15, 0.2) is 41.0 Å². The summed E-state index contributed by atoms with van der Waals surface area (Å²) in [7, 11) is 0. The summed E-state index contributed by atoms with van der Waals surface area (Å²) in [5.41, 5.74) is -1.21. The molecule has 2 aromatic rings. The molecule has 1 heterocycles. The van der Waals surface area contributed by atoms with Gasteiger partial charge in [-0.05, 0) is 37.3 Å². The number of carbonyl (C=O) groups is 2. The van der Waals surface area contributed by atoms with E-state index in [-0.39, 0.29) is 11.4 Å². The summed E-state index contributed by atoms with van der Waals surface area (Å²) in [6, 6.07) is 5.73. The fraction of sp³-hybridized carbons (Fsp3) is 0.200. The van der Waals surface area contributed by atoms with Gasteiger partial charge in [0, 0.05) is 5.69 Å². The van der Waals surface area contributed by atoms with E-state index in [1.165, 1.54) is 31.4 Å². The summed E-state index contributed by atoms with van der Waals surface area (Å²) in [4.78, 5) is 23.6. The van der Waals surface area contributed by atoms with Crippen molar-refractivity contribution >= 4 is 29.2 Å². The van der Waals surface area contributed by atoms with Crippen LogP contribution in [0.1, 0.15) is 23.0 Å². The zero-order valence-electron chi connectivity index (χ0n) is 12.2. The highest BCUT2D eigenvalue weighted by molar-refractivity contribution is 6.31. The summed E-state index contributed by atoms with van der Waals surface area (Å²) >= 11 is 5.49. The van der Waals surface area contributed by atoms with Crippen LogP contribution in [0.5, 0.6) is 0 Å². The second-order valence-electron chi connectivity index (χ2n) is 4.71. The first-order valence-corrected chi connectivity index (χ1v) is 6.98. The summed E-state index contributed by atoms with van der Waals surface area (Å²) in [6.07, 6.45) is -4.64. The van der Waals surface area contributed by atoms with Crippen molar-refractivity contribution < 1.29 is 31.9 Å². The van der Waals surface area contributed by atoms with Crippen LogP contribution in [-0.4, -0.2) is 18.0 Å². The van der Waals surface area contributed by atoms with Gasteiger partial charge in [-0.2, -0.15) is 13.2 Å². The van der Waals surface area contributed by atoms with Crippen LogP contribution in [0, 0.1) is 0 Å². The van der Waals surface area contributed by atoms with Crippen molar-refractivity contribution in [1.29, 1.82) is 0 Å². The Kier molecular flexibility index (Phi) is 5.18. The predicted molar refractivity (Wildman–Crippen MR) is 78.7 cm³/mol. The van der Waals surface area contributed by atoms with Crippen molar-refractivity contribution in [3.05, 3.63) is 52.9 Å². The Morgan fingerprint density at radius 3 is 2.58 bits per heavy atom. The molecule has 2 rings (SSSR count). The van der Waals surface area contributed by atoms with Gasteiger partial charge in [-0.15, -0.1) is 0 Å². The molecule has 0 saturated heterocycles. The van der Waals surface area contributed by atoms with Crippen LogP contribution in [0.2, 0.25) is 5.02 Å². The molecule has 0 radical (unpaired) electrons. The number of nitrogens with one attached hydrogen (secondary N) is 1. The molecule has 0 fully saturated rings. The normalized spacial score (nSPS) is 12.5. The Morgan fingerprint density at radius 1 is 1.29 bits per heavy atom. The Labute approximate surface area is 139 Å². The number of benzene rings is 1. The number of furan rings is 1. The monoisotopic (exact) mass is 361 g/mol. The third-order valence-electron chi connectivity index (χ3n) is 2.91. The molecular formula is C15H11ClF3NO4. The molecular weight excluding hydrogens is 351 g/mol. The van der Waals surface area contributed by atoms with Gasteiger partial charge < -0.3 is 14.5 Å². The minimum absolute atomic E-state index is 0.0968. The minimum atomic E-state index is -4.66. The van der Waals surface area contributed by atoms with E-state index in [4.69, 9.17) is 20.8 Å². The summed E-state index contributed by atoms with van der Waals surface area (Å²) in [6.45, 7) is 1.27. The van der Waals surface area contributed by atoms with Crippen LogP contribution in [-0.2, 0) is 15.7 Å². The van der Waals surface area contributed by atoms with Gasteiger partial charge in [0.15, 0.2) is 6.10 Å². The Morgan fingerprint density at radius 2 is 2.00 bits per heavy atom. The molecule has 0 bridgehead atoms. The lowest BCUT2D eigenvalue weighted by Crippen LogP contribution is -2.30. The molecule has 9 heteroatoms. The van der Waals surface area contributed by atoms with E-state index in [0.29, 0.717) is 6.07 Å². The van der Waals surface area contributed by atoms with Gasteiger partial charge in [-0.1, -0.05) is 11.6 Å². The quantitative estimate of drug-likeness (QED) is 0.831. The van der Waals surface area contributed by atoms with Crippen LogP contribution < -0.4 is 5.32 Å². The molecule has 1 amide bonds. The molecule has 24 heavy (non-hydrogen) atoms. The van der Waals surface area contributed by atoms with Gasteiger partial charge in [0.05, 0.1) is 16.8 Å². The van der Waals surface area contributed by atoms with Crippen molar-refractivity contribution in [2.24, 2.45) is 0 Å². The van der Waals surface area contributed by atoms with Crippen molar-refractivity contribution in [1.82, 2.24) is 0 Å². The third-order valence-corrected chi connectivity index (χ3v) is 3.24. The van der Waals surface area contributed by atoms with Gasteiger partial charge in [-0.25, -0.2) is 4.79 Å². The van der Waals surface area contributed by atoms with E-state index in [9.17, 15) is 22.8 Å². The molecule has 5 nitrogen and oxygen atoms in total. The highest BCUT2D eigenvalue weighted by Gasteiger charge is 2.33. The molecule has 0 aliphatic heterocycles. The molecule has 0 saturated carbocycles. The molecule has 1 atom stereocenters. The fourth-order valence-corrected chi connectivity index (χ4v) is 1.96. The van der Waals surface area contributed by atoms with Gasteiger partial charge in [0.2, 0.25) is 5.76 Å². The van der Waals surface area contributed by atoms with E-state index in [1.54, 1.807) is 0 Å². The van der Waals surface area contributed by atoms with Crippen molar-refractivity contribution in [2.75, 3.05) is 5.32 Å². The minimum Gasteiger partial charge on any atom is -0.457 e. The van der Waals surface area contributed by atoms with Gasteiger partial charge >= 0.3 is 12.1 Å². The zero-order valence-corrected chi connectivity index (χ0v) is 12.9. The predicted octanol–water partition coefficient (Wildman–Crippen LogP) is 4.14. The van der Waals surface area contributed by atoms with Crippen molar-refractivity contribution in [2.45, 2.75) is 19.2 Å². The second kappa shape index (κ2) is 6.96. The number of hydrogen-bond donors (Lipinski definition) is 1. The van der Waals surface area contributed by atoms with Crippen LogP contribution in [0.4, 0.5) is 18.9 Å². The molecule has 1 unspecified atom stereocenters. The standard InChI is InChI=1S/C15H11ClF3NO4/c1-8(24-14(22)12-3-2-6-23-12)13(21)20-9-4-5-11(16)10(7-9)15(17,18)19/h2-8H,1H3,(H,20,21). The first-order chi connectivity index (χ1) is 11.2. The SMILES string of the molecule is CC(OC(=O)c1ccco1)C(=O)Nc1ccc(Cl)c(C(F)(F)F)c1. The number of esters is 1. The van der Waals surface area contributed by atoms with Crippen LogP contribution in [0.3, 0.4) is 0 Å². The maximum absolute atomic E-state index is 12.8. The van der Waals surface area contributed by atoms with Crippen LogP contribution >= 0.6 is 11.6 Å². The second-order valence-corrected chi connectivity index (χ2v) is 5.11. The summed E-state index contributed by atoms with van der Waals surface area (Å²) in [5.74, 6) is -1.76. The number of amides is 1. The van der Waals surface area contributed by atoms with E-state index in [2.05, 4.69) is 5.32 Å². The number of rotatable bonds is 4. The number of halogens is 4. The lowest BCUT2D eigenvalue weighted by Gasteiger charge is -2.14. The maximum Gasteiger partial charge on any atom is 0.417 e. The summed E-state index contributed by atoms with van der Waals surface area (Å²) in [5, 5.41) is 1.74. The van der Waals surface area contributed by atoms with Gasteiger partial charge in [-0.3, -0.25) is 4.79 Å². The molecule has 128 valence electrons. The number of hydrogen-bond acceptors (Lipinski definition) is 4. The number of ether oxygens (including phenoxy) is 1. The van der Waals surface area contributed by atoms with E-state index in [1.807, 2.05) is 0 Å². The lowest BCUT2D eigenvalue weighted by atomic mass is 10.2. The fourth-order valence-electron chi connectivity index (χ4n) is 1.73. The maximum atomic E-state index is 12.8. The third kappa shape index (κ3) is 4.29. The van der Waals surface area contributed by atoms with E-state index >= 15 is 0 Å². The Bertz CT molecular complexity index is 744. The van der Waals surface area contributed by atoms with Crippen molar-refractivity contribution in [3.63, 3.8) is 0 Å². The highest BCUT2D eigenvalue weighted by Crippen LogP contribution is 2.36. The lowest BCUT2D eigenvalue weighted by molar-refractivity contribution is -0.137. The molecule has 0 aliphatic carbocycles. The van der Waals surface area contributed by atoms with Crippen LogP contribution in [0.25, 0.3) is 0 Å². The van der Waals surface area contributed by atoms with Gasteiger partial charge in [0.1, 0.15) is 0 Å². The molecule has 0 spiro atoms. The Balaban J connectivity index is 2.05. The Hall–Kier alpha value is -2.48. The van der Waals surface area contributed by atoms with E-state index in [0.717, 1.165) is 6.07 Å². The molecule has 1 aromatic heterocycles. The largest absolute Gasteiger partial charge is 0.457 e. The van der Waals surface area contributed by atoms with Crippen molar-refractivity contribution in [3.8, 4) is 0 Å². The number of anilines is 1. The number of carbonyl (C=O) groups excluding carboxylic acids is 2. The average Bonchev–Trinajstić information content (AvgIpc) is 3.02. The molecule has 1 N–H and O–H groups in total. The summed E-state index contributed by atoms with van der Waals surface area (Å²) < 4.78 is 48.0. The van der Waals surface area contributed by atoms with E-state index < -0.39 is 34.7 Å². The smallest absolute Gasteiger partial charge is 0.417 e. The zero-order chi connectivity index (χ0) is 17.9. The highest BCUT2D eigenvalue weighted by atomic mass is 35.5.